The zero-order valence-electron chi connectivity index (χ0n) is 17.6. The molecule has 32 heavy (non-hydrogen) atoms. The molecule has 1 fully saturated rings. The van der Waals surface area contributed by atoms with Gasteiger partial charge in [-0.1, -0.05) is 12.1 Å². The van der Waals surface area contributed by atoms with Crippen molar-refractivity contribution in [2.75, 3.05) is 36.4 Å². The molecule has 3 heterocycles. The monoisotopic (exact) mass is 429 g/mol. The van der Waals surface area contributed by atoms with Crippen molar-refractivity contribution in [1.29, 1.82) is 0 Å². The first-order valence-corrected chi connectivity index (χ1v) is 10.5. The maximum absolute atomic E-state index is 12.7. The lowest BCUT2D eigenvalue weighted by Crippen LogP contribution is -2.48. The number of para-hydroxylation sites is 2. The van der Waals surface area contributed by atoms with Crippen LogP contribution >= 0.6 is 0 Å². The third kappa shape index (κ3) is 3.92. The number of nitrogens with one attached hydrogen (secondary N) is 3. The largest absolute Gasteiger partial charge is 0.368 e. The molecule has 0 spiro atoms. The summed E-state index contributed by atoms with van der Waals surface area (Å²) in [7, 11) is 0. The minimum absolute atomic E-state index is 0.110. The van der Waals surface area contributed by atoms with Gasteiger partial charge in [-0.2, -0.15) is 5.10 Å². The van der Waals surface area contributed by atoms with Crippen molar-refractivity contribution in [3.05, 3.63) is 60.2 Å². The lowest BCUT2D eigenvalue weighted by molar-refractivity contribution is -0.129. The van der Waals surface area contributed by atoms with Crippen LogP contribution in [-0.4, -0.2) is 63.1 Å². The van der Waals surface area contributed by atoms with E-state index in [1.807, 2.05) is 41.3 Å². The Kier molecular flexibility index (Phi) is 5.06. The third-order valence-corrected chi connectivity index (χ3v) is 5.68. The van der Waals surface area contributed by atoms with Crippen molar-refractivity contribution in [1.82, 2.24) is 25.1 Å². The van der Waals surface area contributed by atoms with E-state index in [1.54, 1.807) is 25.1 Å². The zero-order valence-corrected chi connectivity index (χ0v) is 17.6. The normalized spacial score (nSPS) is 14.0. The quantitative estimate of drug-likeness (QED) is 0.462. The van der Waals surface area contributed by atoms with Gasteiger partial charge in [-0.25, -0.2) is 4.98 Å². The van der Waals surface area contributed by atoms with Crippen molar-refractivity contribution in [2.45, 2.75) is 6.92 Å². The molecule has 2 aromatic heterocycles. The molecule has 0 unspecified atom stereocenters. The molecular formula is C23H23N7O2. The second-order valence-electron chi connectivity index (χ2n) is 7.76. The maximum atomic E-state index is 12.7. The van der Waals surface area contributed by atoms with Gasteiger partial charge in [-0.3, -0.25) is 14.7 Å². The number of rotatable bonds is 4. The van der Waals surface area contributed by atoms with Crippen LogP contribution in [0.3, 0.4) is 0 Å². The molecule has 0 radical (unpaired) electrons. The molecule has 1 aliphatic heterocycles. The van der Waals surface area contributed by atoms with Crippen LogP contribution in [0.15, 0.2) is 54.6 Å². The number of aromatic amines is 2. The van der Waals surface area contributed by atoms with Gasteiger partial charge in [0.1, 0.15) is 5.69 Å². The Morgan fingerprint density at radius 1 is 1.00 bits per heavy atom. The van der Waals surface area contributed by atoms with Gasteiger partial charge in [-0.05, 0) is 36.4 Å². The third-order valence-electron chi connectivity index (χ3n) is 5.68. The average molecular weight is 429 g/mol. The molecule has 0 bridgehead atoms. The number of carbonyl (C=O) groups excluding carboxylic acids is 2. The summed E-state index contributed by atoms with van der Waals surface area (Å²) in [5.74, 6) is 0.961. The fourth-order valence-electron chi connectivity index (χ4n) is 3.88. The van der Waals surface area contributed by atoms with E-state index in [1.165, 1.54) is 0 Å². The molecule has 0 aliphatic carbocycles. The van der Waals surface area contributed by atoms with Crippen LogP contribution in [0, 0.1) is 0 Å². The number of H-pyrrole nitrogens is 2. The summed E-state index contributed by atoms with van der Waals surface area (Å²) in [6.07, 6.45) is 0. The summed E-state index contributed by atoms with van der Waals surface area (Å²) >= 11 is 0. The first-order chi connectivity index (χ1) is 15.6. The number of fused-ring (bicyclic) bond motifs is 1. The van der Waals surface area contributed by atoms with Gasteiger partial charge in [0.05, 0.1) is 11.0 Å². The van der Waals surface area contributed by atoms with Crippen LogP contribution in [0.25, 0.3) is 22.6 Å². The number of nitrogens with zero attached hydrogens (tertiary/aromatic N) is 4. The number of hydrogen-bond donors (Lipinski definition) is 3. The highest BCUT2D eigenvalue weighted by atomic mass is 16.2. The molecule has 1 aliphatic rings. The maximum Gasteiger partial charge on any atom is 0.256 e. The van der Waals surface area contributed by atoms with Gasteiger partial charge in [0, 0.05) is 50.4 Å². The Hall–Kier alpha value is -4.14. The molecule has 1 saturated heterocycles. The van der Waals surface area contributed by atoms with Crippen LogP contribution in [0.4, 0.5) is 11.5 Å². The number of anilines is 2. The second kappa shape index (κ2) is 8.18. The smallest absolute Gasteiger partial charge is 0.256 e. The Bertz CT molecular complexity index is 1230. The number of amides is 2. The highest BCUT2D eigenvalue weighted by Gasteiger charge is 2.19. The van der Waals surface area contributed by atoms with Gasteiger partial charge in [0.25, 0.3) is 5.91 Å². The number of benzene rings is 2. The fraction of sp³-hybridized carbons (Fsp3) is 0.217. The Balaban J connectivity index is 1.23. The number of imidazole rings is 1. The fourth-order valence-corrected chi connectivity index (χ4v) is 3.88. The van der Waals surface area contributed by atoms with Crippen LogP contribution in [0.5, 0.6) is 0 Å². The highest BCUT2D eigenvalue weighted by molar-refractivity contribution is 6.04. The van der Waals surface area contributed by atoms with Crippen molar-refractivity contribution >= 4 is 34.4 Å². The van der Waals surface area contributed by atoms with Crippen LogP contribution < -0.4 is 10.2 Å². The van der Waals surface area contributed by atoms with Gasteiger partial charge >= 0.3 is 0 Å². The number of aromatic nitrogens is 4. The number of carbonyl (C=O) groups is 2. The van der Waals surface area contributed by atoms with Crippen molar-refractivity contribution in [3.8, 4) is 11.5 Å². The van der Waals surface area contributed by atoms with Crippen LogP contribution in [0.2, 0.25) is 0 Å². The van der Waals surface area contributed by atoms with E-state index in [0.29, 0.717) is 36.0 Å². The Morgan fingerprint density at radius 3 is 2.47 bits per heavy atom. The van der Waals surface area contributed by atoms with Gasteiger partial charge in [0.2, 0.25) is 5.91 Å². The standard InChI is InChI=1S/C23H23N7O2/c1-15(31)29-10-12-30(13-11-29)17-8-6-16(7-9-17)23(32)26-21-14-20(27-28-21)22-24-18-4-2-3-5-19(18)25-22/h2-9,14H,10-13H2,1H3,(H,24,25)(H2,26,27,28,32). The second-order valence-corrected chi connectivity index (χ2v) is 7.76. The van der Waals surface area contributed by atoms with Crippen LogP contribution in [0.1, 0.15) is 17.3 Å². The molecule has 2 aromatic carbocycles. The van der Waals surface area contributed by atoms with Gasteiger partial charge < -0.3 is 20.1 Å². The van der Waals surface area contributed by atoms with Gasteiger partial charge in [0.15, 0.2) is 11.6 Å². The minimum atomic E-state index is -0.236. The molecule has 9 nitrogen and oxygen atoms in total. The number of piperazine rings is 1. The van der Waals surface area contributed by atoms with E-state index < -0.39 is 0 Å². The van der Waals surface area contributed by atoms with E-state index >= 15 is 0 Å². The predicted molar refractivity (Wildman–Crippen MR) is 123 cm³/mol. The number of hydrogen-bond acceptors (Lipinski definition) is 5. The SMILES string of the molecule is CC(=O)N1CCN(c2ccc(C(=O)Nc3cc(-c4nc5ccccc5[nH]4)[nH]n3)cc2)CC1. The first-order valence-electron chi connectivity index (χ1n) is 10.5. The molecule has 4 aromatic rings. The molecule has 0 saturated carbocycles. The molecule has 9 heteroatoms. The molecule has 162 valence electrons. The molecule has 0 atom stereocenters. The molecule has 3 N–H and O–H groups in total. The van der Waals surface area contributed by atoms with E-state index in [0.717, 1.165) is 29.8 Å². The highest BCUT2D eigenvalue weighted by Crippen LogP contribution is 2.22. The lowest BCUT2D eigenvalue weighted by Gasteiger charge is -2.35. The van der Waals surface area contributed by atoms with Crippen LogP contribution in [-0.2, 0) is 4.79 Å². The van der Waals surface area contributed by atoms with Gasteiger partial charge in [-0.15, -0.1) is 0 Å². The summed E-state index contributed by atoms with van der Waals surface area (Å²) in [6.45, 7) is 4.59. The van der Waals surface area contributed by atoms with E-state index in [9.17, 15) is 9.59 Å². The summed E-state index contributed by atoms with van der Waals surface area (Å²) in [5, 5.41) is 9.91. The lowest BCUT2D eigenvalue weighted by atomic mass is 10.1. The summed E-state index contributed by atoms with van der Waals surface area (Å²) < 4.78 is 0. The summed E-state index contributed by atoms with van der Waals surface area (Å²) in [6, 6.07) is 17.0. The topological polar surface area (TPSA) is 110 Å². The van der Waals surface area contributed by atoms with Crippen molar-refractivity contribution < 1.29 is 9.59 Å². The van der Waals surface area contributed by atoms with E-state index in [-0.39, 0.29) is 11.8 Å². The predicted octanol–water partition coefficient (Wildman–Crippen LogP) is 2.87. The average Bonchev–Trinajstić information content (AvgIpc) is 3.46. The zero-order chi connectivity index (χ0) is 22.1. The first kappa shape index (κ1) is 19.8. The molecular weight excluding hydrogens is 406 g/mol. The Morgan fingerprint density at radius 2 is 1.75 bits per heavy atom. The van der Waals surface area contributed by atoms with E-state index in [4.69, 9.17) is 0 Å². The molecule has 2 amide bonds. The summed E-state index contributed by atoms with van der Waals surface area (Å²) in [5.41, 5.74) is 4.08. The minimum Gasteiger partial charge on any atom is -0.368 e. The van der Waals surface area contributed by atoms with Crippen molar-refractivity contribution in [3.63, 3.8) is 0 Å². The summed E-state index contributed by atoms with van der Waals surface area (Å²) in [4.78, 5) is 36.0. The van der Waals surface area contributed by atoms with Crippen molar-refractivity contribution in [2.24, 2.45) is 0 Å². The molecule has 5 rings (SSSR count). The van der Waals surface area contributed by atoms with E-state index in [2.05, 4.69) is 30.4 Å². The Labute approximate surface area is 184 Å².